The summed E-state index contributed by atoms with van der Waals surface area (Å²) in [4.78, 5) is 29.6. The maximum atomic E-state index is 12.9. The van der Waals surface area contributed by atoms with Gasteiger partial charge in [-0.05, 0) is 44.4 Å². The van der Waals surface area contributed by atoms with E-state index in [0.29, 0.717) is 40.2 Å². The number of hydrogen-bond donors (Lipinski definition) is 1. The van der Waals surface area contributed by atoms with Gasteiger partial charge < -0.3 is 10.1 Å². The van der Waals surface area contributed by atoms with Crippen LogP contribution in [0.3, 0.4) is 0 Å². The molecule has 5 nitrogen and oxygen atoms in total. The summed E-state index contributed by atoms with van der Waals surface area (Å²) in [5.74, 6) is -0.711. The Labute approximate surface area is 148 Å². The van der Waals surface area contributed by atoms with Gasteiger partial charge in [0.05, 0.1) is 29.6 Å². The van der Waals surface area contributed by atoms with Crippen LogP contribution in [0.2, 0.25) is 0 Å². The number of aromatic nitrogens is 1. The molecule has 0 radical (unpaired) electrons. The molecule has 0 saturated carbocycles. The van der Waals surface area contributed by atoms with Gasteiger partial charge >= 0.3 is 5.97 Å². The van der Waals surface area contributed by atoms with Gasteiger partial charge in [0.15, 0.2) is 0 Å². The third-order valence-electron chi connectivity index (χ3n) is 4.09. The molecular weight excluding hydrogens is 316 g/mol. The van der Waals surface area contributed by atoms with E-state index >= 15 is 0 Å². The number of unbranched alkanes of at least 4 members (excludes halogenated alkanes) is 1. The molecule has 0 unspecified atom stereocenters. The second kappa shape index (κ2) is 8.42. The molecule has 0 aliphatic carbocycles. The summed E-state index contributed by atoms with van der Waals surface area (Å²) >= 11 is 0. The lowest BCUT2D eigenvalue weighted by Gasteiger charge is -2.17. The van der Waals surface area contributed by atoms with Gasteiger partial charge in [0.25, 0.3) is 5.91 Å². The van der Waals surface area contributed by atoms with Crippen LogP contribution in [0.4, 0.5) is 5.69 Å². The van der Waals surface area contributed by atoms with Crippen LogP contribution in [0.15, 0.2) is 30.3 Å². The number of esters is 1. The van der Waals surface area contributed by atoms with E-state index in [1.165, 1.54) is 7.11 Å². The number of aryl methyl sites for hydroxylation is 2. The fraction of sp³-hybridized carbons (Fsp3) is 0.350. The fourth-order valence-electron chi connectivity index (χ4n) is 2.92. The molecule has 0 bridgehead atoms. The molecule has 1 aromatic carbocycles. The molecule has 132 valence electrons. The number of ether oxygens (including phenoxy) is 1. The number of methoxy groups -OCH3 is 1. The second-order valence-electron chi connectivity index (χ2n) is 5.93. The Morgan fingerprint density at radius 2 is 1.72 bits per heavy atom. The van der Waals surface area contributed by atoms with Crippen molar-refractivity contribution in [3.63, 3.8) is 0 Å². The summed E-state index contributed by atoms with van der Waals surface area (Å²) in [7, 11) is 1.34. The normalized spacial score (nSPS) is 10.4. The van der Waals surface area contributed by atoms with Gasteiger partial charge in [-0.1, -0.05) is 31.5 Å². The second-order valence-corrected chi connectivity index (χ2v) is 5.93. The average Bonchev–Trinajstić information content (AvgIpc) is 2.59. The first-order valence-corrected chi connectivity index (χ1v) is 8.44. The molecule has 5 heteroatoms. The molecule has 0 atom stereocenters. The van der Waals surface area contributed by atoms with Crippen LogP contribution in [0, 0.1) is 13.8 Å². The molecule has 1 aromatic heterocycles. The van der Waals surface area contributed by atoms with Crippen molar-refractivity contribution >= 4 is 17.6 Å². The predicted molar refractivity (Wildman–Crippen MR) is 98.1 cm³/mol. The predicted octanol–water partition coefficient (Wildman–Crippen LogP) is 4.08. The van der Waals surface area contributed by atoms with Crippen LogP contribution in [-0.2, 0) is 11.2 Å². The van der Waals surface area contributed by atoms with Crippen LogP contribution in [0.1, 0.15) is 57.4 Å². The van der Waals surface area contributed by atoms with Crippen molar-refractivity contribution in [1.29, 1.82) is 0 Å². The summed E-state index contributed by atoms with van der Waals surface area (Å²) in [5.41, 5.74) is 3.49. The van der Waals surface area contributed by atoms with Crippen molar-refractivity contribution < 1.29 is 14.3 Å². The van der Waals surface area contributed by atoms with Crippen molar-refractivity contribution in [2.24, 2.45) is 0 Å². The summed E-state index contributed by atoms with van der Waals surface area (Å²) in [6.07, 6.45) is 2.46. The molecule has 0 aliphatic heterocycles. The third-order valence-corrected chi connectivity index (χ3v) is 4.09. The number of amides is 1. The lowest BCUT2D eigenvalue weighted by atomic mass is 9.93. The molecule has 2 aromatic rings. The van der Waals surface area contributed by atoms with E-state index in [2.05, 4.69) is 17.2 Å². The minimum Gasteiger partial charge on any atom is -0.465 e. The largest absolute Gasteiger partial charge is 0.465 e. The topological polar surface area (TPSA) is 68.3 Å². The van der Waals surface area contributed by atoms with Gasteiger partial charge in [0.1, 0.15) is 0 Å². The van der Waals surface area contributed by atoms with E-state index in [1.807, 2.05) is 30.3 Å². The van der Waals surface area contributed by atoms with Crippen LogP contribution in [-0.4, -0.2) is 24.0 Å². The highest BCUT2D eigenvalue weighted by Gasteiger charge is 2.25. The molecule has 25 heavy (non-hydrogen) atoms. The van der Waals surface area contributed by atoms with Crippen LogP contribution in [0.5, 0.6) is 0 Å². The molecule has 1 heterocycles. The summed E-state index contributed by atoms with van der Waals surface area (Å²) in [6.45, 7) is 5.64. The zero-order chi connectivity index (χ0) is 18.4. The monoisotopic (exact) mass is 340 g/mol. The maximum absolute atomic E-state index is 12.9. The van der Waals surface area contributed by atoms with E-state index in [0.717, 1.165) is 12.8 Å². The van der Waals surface area contributed by atoms with Crippen LogP contribution in [0.25, 0.3) is 0 Å². The summed E-state index contributed by atoms with van der Waals surface area (Å²) in [6, 6.07) is 9.24. The lowest BCUT2D eigenvalue weighted by Crippen LogP contribution is -2.21. The highest BCUT2D eigenvalue weighted by atomic mass is 16.5. The zero-order valence-electron chi connectivity index (χ0n) is 15.2. The number of carbonyl (C=O) groups is 2. The Bertz CT molecular complexity index is 770. The van der Waals surface area contributed by atoms with Crippen LogP contribution < -0.4 is 5.32 Å². The quantitative estimate of drug-likeness (QED) is 0.805. The number of nitrogens with zero attached hydrogens (tertiary/aromatic N) is 1. The van der Waals surface area contributed by atoms with Gasteiger partial charge in [-0.2, -0.15) is 0 Å². The first kappa shape index (κ1) is 18.6. The summed E-state index contributed by atoms with van der Waals surface area (Å²) < 4.78 is 4.92. The Kier molecular flexibility index (Phi) is 6.28. The molecular formula is C20H24N2O3. The van der Waals surface area contributed by atoms with E-state index in [9.17, 15) is 9.59 Å². The van der Waals surface area contributed by atoms with E-state index in [-0.39, 0.29) is 5.91 Å². The standard InChI is InChI=1S/C20H24N2O3/c1-5-6-12-16-17(19(23)22-15-10-8-7-9-11-15)13(2)21-14(3)18(16)20(24)25-4/h7-11H,5-6,12H2,1-4H3,(H,22,23). The number of para-hydroxylation sites is 1. The smallest absolute Gasteiger partial charge is 0.340 e. The Hall–Kier alpha value is -2.69. The fourth-order valence-corrected chi connectivity index (χ4v) is 2.92. The SMILES string of the molecule is CCCCc1c(C(=O)Nc2ccccc2)c(C)nc(C)c1C(=O)OC. The average molecular weight is 340 g/mol. The lowest BCUT2D eigenvalue weighted by molar-refractivity contribution is 0.0598. The van der Waals surface area contributed by atoms with Gasteiger partial charge in [0.2, 0.25) is 0 Å². The number of nitrogens with one attached hydrogen (secondary N) is 1. The number of benzene rings is 1. The van der Waals surface area contributed by atoms with Gasteiger partial charge in [-0.25, -0.2) is 4.79 Å². The Morgan fingerprint density at radius 1 is 1.08 bits per heavy atom. The number of pyridine rings is 1. The van der Waals surface area contributed by atoms with Crippen molar-refractivity contribution in [1.82, 2.24) is 4.98 Å². The Morgan fingerprint density at radius 3 is 2.32 bits per heavy atom. The number of anilines is 1. The molecule has 0 saturated heterocycles. The van der Waals surface area contributed by atoms with E-state index < -0.39 is 5.97 Å². The summed E-state index contributed by atoms with van der Waals surface area (Å²) in [5, 5.41) is 2.89. The highest BCUT2D eigenvalue weighted by molar-refractivity contribution is 6.08. The third kappa shape index (κ3) is 4.24. The molecule has 0 aliphatic rings. The van der Waals surface area contributed by atoms with Crippen molar-refractivity contribution in [3.8, 4) is 0 Å². The van der Waals surface area contributed by atoms with Crippen molar-refractivity contribution in [2.45, 2.75) is 40.0 Å². The molecule has 1 amide bonds. The van der Waals surface area contributed by atoms with E-state index in [4.69, 9.17) is 4.74 Å². The van der Waals surface area contributed by atoms with Gasteiger partial charge in [-0.3, -0.25) is 9.78 Å². The molecule has 2 rings (SSSR count). The number of hydrogen-bond acceptors (Lipinski definition) is 4. The minimum atomic E-state index is -0.454. The van der Waals surface area contributed by atoms with Crippen LogP contribution >= 0.6 is 0 Å². The van der Waals surface area contributed by atoms with Crippen molar-refractivity contribution in [2.75, 3.05) is 12.4 Å². The molecule has 0 fully saturated rings. The first-order valence-electron chi connectivity index (χ1n) is 8.44. The molecule has 0 spiro atoms. The number of carbonyl (C=O) groups excluding carboxylic acids is 2. The van der Waals surface area contributed by atoms with E-state index in [1.54, 1.807) is 13.8 Å². The minimum absolute atomic E-state index is 0.257. The van der Waals surface area contributed by atoms with Gasteiger partial charge in [0, 0.05) is 5.69 Å². The zero-order valence-corrected chi connectivity index (χ0v) is 15.2. The number of rotatable bonds is 6. The Balaban J connectivity index is 2.54. The highest BCUT2D eigenvalue weighted by Crippen LogP contribution is 2.24. The van der Waals surface area contributed by atoms with Crippen molar-refractivity contribution in [3.05, 3.63) is 58.4 Å². The maximum Gasteiger partial charge on any atom is 0.340 e. The molecule has 1 N–H and O–H groups in total. The first-order chi connectivity index (χ1) is 12.0. The van der Waals surface area contributed by atoms with Gasteiger partial charge in [-0.15, -0.1) is 0 Å².